The number of hydrogen-bond donors (Lipinski definition) is 2. The Hall–Kier alpha value is -1.56. The second-order valence-electron chi connectivity index (χ2n) is 3.91. The van der Waals surface area contributed by atoms with E-state index in [0.717, 1.165) is 16.8 Å². The largest absolute Gasteiger partial charge is 0.323 e. The van der Waals surface area contributed by atoms with E-state index in [-0.39, 0.29) is 0 Å². The molecule has 116 valence electrons. The standard InChI is InChI=1S/C12H11NO2S.C2H7N.C2H6/c1-9-12(3-2-8-13-9)10-4-6-11(7-5-10)16(14)15;1-3-2;1-2/h2-8H,1H3,(H,14,15);3H,1-2H3;1-2H3. The quantitative estimate of drug-likeness (QED) is 0.834. The van der Waals surface area contributed by atoms with Crippen LogP contribution in [0.25, 0.3) is 11.1 Å². The first-order chi connectivity index (χ1) is 10.1. The molecule has 1 unspecified atom stereocenters. The molecule has 0 aliphatic carbocycles. The summed E-state index contributed by atoms with van der Waals surface area (Å²) >= 11 is -1.91. The van der Waals surface area contributed by atoms with Crippen molar-refractivity contribution in [1.82, 2.24) is 10.3 Å². The lowest BCUT2D eigenvalue weighted by Crippen LogP contribution is -1.89. The maximum atomic E-state index is 10.8. The molecule has 0 bridgehead atoms. The van der Waals surface area contributed by atoms with Crippen molar-refractivity contribution in [3.63, 3.8) is 0 Å². The molecule has 1 aromatic carbocycles. The van der Waals surface area contributed by atoms with E-state index in [1.807, 2.05) is 59.1 Å². The average molecular weight is 308 g/mol. The zero-order chi connectivity index (χ0) is 16.3. The van der Waals surface area contributed by atoms with Crippen LogP contribution in [-0.4, -0.2) is 27.8 Å². The van der Waals surface area contributed by atoms with E-state index in [4.69, 9.17) is 4.55 Å². The highest BCUT2D eigenvalue weighted by atomic mass is 32.2. The third kappa shape index (κ3) is 6.62. The molecule has 5 heteroatoms. The van der Waals surface area contributed by atoms with Gasteiger partial charge in [-0.15, -0.1) is 0 Å². The maximum Gasteiger partial charge on any atom is 0.186 e. The molecular formula is C16H24N2O2S. The highest BCUT2D eigenvalue weighted by Gasteiger charge is 2.03. The molecule has 2 N–H and O–H groups in total. The van der Waals surface area contributed by atoms with E-state index in [2.05, 4.69) is 10.3 Å². The number of rotatable bonds is 2. The molecule has 0 saturated carbocycles. The summed E-state index contributed by atoms with van der Waals surface area (Å²) in [7, 11) is 3.75. The normalized spacial score (nSPS) is 10.6. The van der Waals surface area contributed by atoms with Crippen LogP contribution in [0.5, 0.6) is 0 Å². The average Bonchev–Trinajstić information content (AvgIpc) is 2.51. The SMILES string of the molecule is CC.CNC.Cc1ncccc1-c1ccc(S(=O)O)cc1. The predicted molar refractivity (Wildman–Crippen MR) is 89.8 cm³/mol. The third-order valence-electron chi connectivity index (χ3n) is 2.37. The smallest absolute Gasteiger partial charge is 0.186 e. The molecule has 21 heavy (non-hydrogen) atoms. The molecule has 0 aliphatic rings. The van der Waals surface area contributed by atoms with Crippen LogP contribution >= 0.6 is 0 Å². The first-order valence-electron chi connectivity index (χ1n) is 6.81. The van der Waals surface area contributed by atoms with Crippen LogP contribution in [0, 0.1) is 6.92 Å². The van der Waals surface area contributed by atoms with Gasteiger partial charge in [0, 0.05) is 17.5 Å². The molecule has 0 amide bonds. The molecule has 4 nitrogen and oxygen atoms in total. The van der Waals surface area contributed by atoms with Crippen LogP contribution in [0.15, 0.2) is 47.5 Å². The first kappa shape index (κ1) is 19.4. The van der Waals surface area contributed by atoms with Gasteiger partial charge in [0.05, 0.1) is 4.90 Å². The summed E-state index contributed by atoms with van der Waals surface area (Å²) in [4.78, 5) is 4.61. The van der Waals surface area contributed by atoms with Gasteiger partial charge < -0.3 is 9.87 Å². The monoisotopic (exact) mass is 308 g/mol. The molecule has 0 fully saturated rings. The van der Waals surface area contributed by atoms with Crippen LogP contribution in [0.1, 0.15) is 19.5 Å². The second kappa shape index (κ2) is 11.1. The highest BCUT2D eigenvalue weighted by Crippen LogP contribution is 2.22. The maximum absolute atomic E-state index is 10.8. The fraction of sp³-hybridized carbons (Fsp3) is 0.312. The lowest BCUT2D eigenvalue weighted by Gasteiger charge is -2.04. The summed E-state index contributed by atoms with van der Waals surface area (Å²) in [6.07, 6.45) is 1.75. The number of nitrogens with one attached hydrogen (secondary N) is 1. The Labute approximate surface area is 129 Å². The van der Waals surface area contributed by atoms with Gasteiger partial charge in [0.1, 0.15) is 0 Å². The van der Waals surface area contributed by atoms with Gasteiger partial charge in [0.2, 0.25) is 0 Å². The zero-order valence-corrected chi connectivity index (χ0v) is 14.1. The van der Waals surface area contributed by atoms with Gasteiger partial charge in [-0.1, -0.05) is 32.0 Å². The summed E-state index contributed by atoms with van der Waals surface area (Å²) in [6.45, 7) is 5.94. The minimum Gasteiger partial charge on any atom is -0.323 e. The Morgan fingerprint density at radius 3 is 2.05 bits per heavy atom. The summed E-state index contributed by atoms with van der Waals surface area (Å²) in [5, 5.41) is 2.75. The van der Waals surface area contributed by atoms with E-state index in [0.29, 0.717) is 4.90 Å². The van der Waals surface area contributed by atoms with Crippen molar-refractivity contribution in [3.05, 3.63) is 48.3 Å². The topological polar surface area (TPSA) is 62.2 Å². The van der Waals surface area contributed by atoms with E-state index in [1.54, 1.807) is 18.3 Å². The minimum atomic E-state index is -1.91. The predicted octanol–water partition coefficient (Wildman–Crippen LogP) is 3.50. The minimum absolute atomic E-state index is 0.408. The van der Waals surface area contributed by atoms with Gasteiger partial charge in [-0.2, -0.15) is 0 Å². The zero-order valence-electron chi connectivity index (χ0n) is 13.3. The summed E-state index contributed by atoms with van der Waals surface area (Å²) < 4.78 is 19.7. The number of nitrogens with zero attached hydrogens (tertiary/aromatic N) is 1. The van der Waals surface area contributed by atoms with Gasteiger partial charge in [0.15, 0.2) is 11.1 Å². The van der Waals surface area contributed by atoms with Crippen molar-refractivity contribution in [2.24, 2.45) is 0 Å². The van der Waals surface area contributed by atoms with Crippen LogP contribution in [0.3, 0.4) is 0 Å². The van der Waals surface area contributed by atoms with Crippen LogP contribution in [0.4, 0.5) is 0 Å². The highest BCUT2D eigenvalue weighted by molar-refractivity contribution is 7.79. The van der Waals surface area contributed by atoms with E-state index < -0.39 is 11.1 Å². The van der Waals surface area contributed by atoms with Gasteiger partial charge in [-0.25, -0.2) is 4.21 Å². The van der Waals surface area contributed by atoms with Crippen LogP contribution < -0.4 is 5.32 Å². The Kier molecular flexibility index (Phi) is 10.3. The number of aromatic nitrogens is 1. The van der Waals surface area contributed by atoms with Gasteiger partial charge in [0.25, 0.3) is 0 Å². The van der Waals surface area contributed by atoms with Gasteiger partial charge in [-0.3, -0.25) is 4.98 Å². The van der Waals surface area contributed by atoms with Gasteiger partial charge in [-0.05, 0) is 44.8 Å². The van der Waals surface area contributed by atoms with Crippen molar-refractivity contribution in [3.8, 4) is 11.1 Å². The molecule has 0 aliphatic heterocycles. The Bertz CT molecular complexity index is 542. The molecular weight excluding hydrogens is 284 g/mol. The second-order valence-corrected chi connectivity index (χ2v) is 4.88. The van der Waals surface area contributed by atoms with Crippen molar-refractivity contribution < 1.29 is 8.76 Å². The Morgan fingerprint density at radius 1 is 1.10 bits per heavy atom. The Morgan fingerprint density at radius 2 is 1.62 bits per heavy atom. The summed E-state index contributed by atoms with van der Waals surface area (Å²) in [5.41, 5.74) is 2.98. The Balaban J connectivity index is 0.000000713. The van der Waals surface area contributed by atoms with E-state index in [9.17, 15) is 4.21 Å². The summed E-state index contributed by atoms with van der Waals surface area (Å²) in [5.74, 6) is 0. The molecule has 0 spiro atoms. The lowest BCUT2D eigenvalue weighted by atomic mass is 10.1. The molecule has 1 aromatic heterocycles. The van der Waals surface area contributed by atoms with Crippen molar-refractivity contribution in [2.45, 2.75) is 25.7 Å². The van der Waals surface area contributed by atoms with Crippen molar-refractivity contribution in [2.75, 3.05) is 14.1 Å². The molecule has 0 radical (unpaired) electrons. The first-order valence-corrected chi connectivity index (χ1v) is 7.92. The number of pyridine rings is 1. The molecule has 1 heterocycles. The lowest BCUT2D eigenvalue weighted by molar-refractivity contribution is 0.564. The molecule has 0 saturated heterocycles. The third-order valence-corrected chi connectivity index (χ3v) is 3.05. The fourth-order valence-electron chi connectivity index (χ4n) is 1.54. The van der Waals surface area contributed by atoms with Gasteiger partial charge >= 0.3 is 0 Å². The number of benzene rings is 1. The van der Waals surface area contributed by atoms with Crippen molar-refractivity contribution >= 4 is 11.1 Å². The number of aryl methyl sites for hydroxylation is 1. The van der Waals surface area contributed by atoms with Crippen molar-refractivity contribution in [1.29, 1.82) is 0 Å². The number of hydrogen-bond acceptors (Lipinski definition) is 3. The van der Waals surface area contributed by atoms with Crippen LogP contribution in [0.2, 0.25) is 0 Å². The molecule has 2 aromatic rings. The molecule has 2 rings (SSSR count). The van der Waals surface area contributed by atoms with E-state index >= 15 is 0 Å². The summed E-state index contributed by atoms with van der Waals surface area (Å²) in [6, 6.07) is 10.8. The van der Waals surface area contributed by atoms with E-state index in [1.165, 1.54) is 0 Å². The molecule has 1 atom stereocenters. The fourth-order valence-corrected chi connectivity index (χ4v) is 1.91. The van der Waals surface area contributed by atoms with Crippen LogP contribution in [-0.2, 0) is 11.1 Å².